The van der Waals surface area contributed by atoms with E-state index in [2.05, 4.69) is 30.4 Å². The normalized spacial score (nSPS) is 21.8. The molecule has 3 heterocycles. The second-order valence-electron chi connectivity index (χ2n) is 9.20. The van der Waals surface area contributed by atoms with Crippen molar-refractivity contribution < 1.29 is 8.42 Å². The largest absolute Gasteiger partial charge is 0.383 e. The number of sulfonamides is 1. The molecule has 0 atom stereocenters. The number of rotatable bonds is 7. The van der Waals surface area contributed by atoms with Crippen LogP contribution >= 0.6 is 0 Å². The van der Waals surface area contributed by atoms with Gasteiger partial charge in [0.25, 0.3) is 0 Å². The zero-order valence-electron chi connectivity index (χ0n) is 18.4. The predicted octanol–water partition coefficient (Wildman–Crippen LogP) is 2.78. The van der Waals surface area contributed by atoms with Gasteiger partial charge in [0, 0.05) is 30.9 Å². The van der Waals surface area contributed by atoms with E-state index in [9.17, 15) is 8.42 Å². The smallest absolute Gasteiger partial charge is 0.209 e. The maximum atomic E-state index is 11.5. The third kappa shape index (κ3) is 4.37. The van der Waals surface area contributed by atoms with Gasteiger partial charge in [-0.2, -0.15) is 0 Å². The van der Waals surface area contributed by atoms with Crippen molar-refractivity contribution in [1.82, 2.24) is 24.2 Å². The van der Waals surface area contributed by atoms with E-state index in [4.69, 9.17) is 5.73 Å². The fourth-order valence-corrected chi connectivity index (χ4v) is 5.50. The van der Waals surface area contributed by atoms with Crippen molar-refractivity contribution in [2.45, 2.75) is 38.3 Å². The molecule has 0 amide bonds. The second-order valence-corrected chi connectivity index (χ2v) is 11.0. The number of hydrogen-bond donors (Lipinski definition) is 2. The topological polar surface area (TPSA) is 106 Å². The Balaban J connectivity index is 1.42. The van der Waals surface area contributed by atoms with Crippen LogP contribution in [0.15, 0.2) is 36.8 Å². The zero-order chi connectivity index (χ0) is 22.3. The van der Waals surface area contributed by atoms with E-state index < -0.39 is 10.0 Å². The fraction of sp³-hybridized carbons (Fsp3) is 0.478. The molecular formula is C23H30N6O2S. The van der Waals surface area contributed by atoms with Crippen LogP contribution in [0.1, 0.15) is 37.3 Å². The van der Waals surface area contributed by atoms with Gasteiger partial charge in [-0.15, -0.1) is 0 Å². The van der Waals surface area contributed by atoms with E-state index in [-0.39, 0.29) is 6.54 Å². The van der Waals surface area contributed by atoms with Crippen LogP contribution in [-0.2, 0) is 16.6 Å². The molecule has 3 aromatic rings. The highest BCUT2D eigenvalue weighted by Crippen LogP contribution is 2.43. The Hall–Kier alpha value is -2.49. The molecule has 2 fully saturated rings. The Morgan fingerprint density at radius 3 is 2.72 bits per heavy atom. The molecule has 2 aliphatic rings. The van der Waals surface area contributed by atoms with E-state index in [0.29, 0.717) is 11.9 Å². The van der Waals surface area contributed by atoms with Crippen molar-refractivity contribution in [2.75, 3.05) is 31.6 Å². The molecule has 1 saturated heterocycles. The number of hydrogen-bond acceptors (Lipinski definition) is 6. The third-order valence-electron chi connectivity index (χ3n) is 6.73. The third-order valence-corrected chi connectivity index (χ3v) is 7.40. The minimum absolute atomic E-state index is 0.248. The molecule has 170 valence electrons. The van der Waals surface area contributed by atoms with Crippen LogP contribution < -0.4 is 10.5 Å². The number of aromatic nitrogens is 3. The van der Waals surface area contributed by atoms with E-state index in [1.54, 1.807) is 0 Å². The molecule has 8 nitrogen and oxygen atoms in total. The van der Waals surface area contributed by atoms with Crippen LogP contribution in [0.25, 0.3) is 22.2 Å². The number of benzene rings is 1. The standard InChI is InChI=1S/C23H30N6O2S/c1-32(30,31)27-12-16-5-4-6-18(9-16)20-14-29(23-21(20)22(24)25-15-26-23)19-10-17(11-19)13-28-7-2-3-8-28/h4-6,9,14-15,17,19,27H,2-3,7-8,10-13H2,1H3,(H2,24,25,26)/t17-,19-. The summed E-state index contributed by atoms with van der Waals surface area (Å²) in [7, 11) is -3.26. The molecule has 1 aliphatic carbocycles. The summed E-state index contributed by atoms with van der Waals surface area (Å²) in [6, 6.07) is 8.29. The lowest BCUT2D eigenvalue weighted by Gasteiger charge is -2.38. The number of anilines is 1. The average Bonchev–Trinajstić information content (AvgIpc) is 3.37. The molecule has 1 saturated carbocycles. The summed E-state index contributed by atoms with van der Waals surface area (Å²) in [6.45, 7) is 3.94. The highest BCUT2D eigenvalue weighted by molar-refractivity contribution is 7.88. The van der Waals surface area contributed by atoms with E-state index in [1.807, 2.05) is 24.3 Å². The van der Waals surface area contributed by atoms with Gasteiger partial charge in [0.1, 0.15) is 17.8 Å². The number of fused-ring (bicyclic) bond motifs is 1. The van der Waals surface area contributed by atoms with E-state index in [0.717, 1.165) is 52.7 Å². The Morgan fingerprint density at radius 1 is 1.19 bits per heavy atom. The van der Waals surface area contributed by atoms with Crippen molar-refractivity contribution in [3.63, 3.8) is 0 Å². The van der Waals surface area contributed by atoms with Crippen LogP contribution in [0.3, 0.4) is 0 Å². The first-order chi connectivity index (χ1) is 15.4. The maximum Gasteiger partial charge on any atom is 0.209 e. The summed E-state index contributed by atoms with van der Waals surface area (Å²) in [5.74, 6) is 1.21. The molecule has 2 aromatic heterocycles. The van der Waals surface area contributed by atoms with Crippen molar-refractivity contribution in [3.8, 4) is 11.1 Å². The van der Waals surface area contributed by atoms with Gasteiger partial charge in [-0.3, -0.25) is 0 Å². The van der Waals surface area contributed by atoms with Crippen LogP contribution in [-0.4, -0.2) is 53.7 Å². The molecule has 1 aliphatic heterocycles. The van der Waals surface area contributed by atoms with Gasteiger partial charge < -0.3 is 15.2 Å². The molecule has 5 rings (SSSR count). The monoisotopic (exact) mass is 454 g/mol. The SMILES string of the molecule is CS(=O)(=O)NCc1cccc(-c2cn([C@H]3C[C@H](CN4CCCC4)C3)c3ncnc(N)c23)c1. The van der Waals surface area contributed by atoms with Crippen molar-refractivity contribution in [2.24, 2.45) is 5.92 Å². The number of nitrogens with two attached hydrogens (primary N) is 1. The first-order valence-corrected chi connectivity index (χ1v) is 13.1. The highest BCUT2D eigenvalue weighted by Gasteiger charge is 2.34. The summed E-state index contributed by atoms with van der Waals surface area (Å²) in [6.07, 6.45) is 9.82. The quantitative estimate of drug-likeness (QED) is 0.569. The van der Waals surface area contributed by atoms with Gasteiger partial charge in [-0.05, 0) is 61.9 Å². The molecular weight excluding hydrogens is 424 g/mol. The number of nitrogens with zero attached hydrogens (tertiary/aromatic N) is 4. The molecule has 0 radical (unpaired) electrons. The molecule has 32 heavy (non-hydrogen) atoms. The first-order valence-electron chi connectivity index (χ1n) is 11.2. The van der Waals surface area contributed by atoms with Gasteiger partial charge in [-0.25, -0.2) is 23.1 Å². The first kappa shape index (κ1) is 21.4. The Bertz CT molecular complexity index is 1230. The number of nitrogens with one attached hydrogen (secondary N) is 1. The van der Waals surface area contributed by atoms with Crippen LogP contribution in [0.2, 0.25) is 0 Å². The molecule has 0 spiro atoms. The molecule has 0 bridgehead atoms. The fourth-order valence-electron chi connectivity index (χ4n) is 5.08. The minimum Gasteiger partial charge on any atom is -0.383 e. The van der Waals surface area contributed by atoms with Gasteiger partial charge in [-0.1, -0.05) is 18.2 Å². The summed E-state index contributed by atoms with van der Waals surface area (Å²) in [4.78, 5) is 11.4. The predicted molar refractivity (Wildman–Crippen MR) is 126 cm³/mol. The van der Waals surface area contributed by atoms with Crippen molar-refractivity contribution in [1.29, 1.82) is 0 Å². The van der Waals surface area contributed by atoms with Gasteiger partial charge in [0.05, 0.1) is 11.6 Å². The molecule has 0 unspecified atom stereocenters. The highest BCUT2D eigenvalue weighted by atomic mass is 32.2. The molecule has 3 N–H and O–H groups in total. The van der Waals surface area contributed by atoms with E-state index in [1.165, 1.54) is 38.8 Å². The summed E-state index contributed by atoms with van der Waals surface area (Å²) in [5, 5.41) is 0.865. The van der Waals surface area contributed by atoms with Gasteiger partial charge in [0.15, 0.2) is 0 Å². The molecule has 9 heteroatoms. The zero-order valence-corrected chi connectivity index (χ0v) is 19.2. The van der Waals surface area contributed by atoms with Gasteiger partial charge >= 0.3 is 0 Å². The van der Waals surface area contributed by atoms with Crippen LogP contribution in [0.4, 0.5) is 5.82 Å². The summed E-state index contributed by atoms with van der Waals surface area (Å²) < 4.78 is 27.8. The average molecular weight is 455 g/mol. The van der Waals surface area contributed by atoms with Crippen molar-refractivity contribution >= 4 is 26.9 Å². The van der Waals surface area contributed by atoms with Crippen LogP contribution in [0, 0.1) is 5.92 Å². The summed E-state index contributed by atoms with van der Waals surface area (Å²) >= 11 is 0. The Morgan fingerprint density at radius 2 is 1.97 bits per heavy atom. The Labute approximate surface area is 188 Å². The maximum absolute atomic E-state index is 11.5. The minimum atomic E-state index is -3.26. The number of nitrogen functional groups attached to an aromatic ring is 1. The van der Waals surface area contributed by atoms with Crippen LogP contribution in [0.5, 0.6) is 0 Å². The van der Waals surface area contributed by atoms with E-state index >= 15 is 0 Å². The lowest BCUT2D eigenvalue weighted by Crippen LogP contribution is -2.35. The molecule has 1 aromatic carbocycles. The lowest BCUT2D eigenvalue weighted by molar-refractivity contribution is 0.145. The number of likely N-dealkylation sites (tertiary alicyclic amines) is 1. The van der Waals surface area contributed by atoms with Crippen molar-refractivity contribution in [3.05, 3.63) is 42.4 Å². The summed E-state index contributed by atoms with van der Waals surface area (Å²) in [5.41, 5.74) is 10.0. The second kappa shape index (κ2) is 8.46. The Kier molecular flexibility index (Phi) is 5.65. The lowest BCUT2D eigenvalue weighted by atomic mass is 9.79. The van der Waals surface area contributed by atoms with Gasteiger partial charge in [0.2, 0.25) is 10.0 Å².